The molecule has 0 aliphatic carbocycles. The Balaban J connectivity index is 2.13. The normalized spacial score (nSPS) is 10.6. The highest BCUT2D eigenvalue weighted by Gasteiger charge is 2.05. The van der Waals surface area contributed by atoms with Crippen LogP contribution in [0.3, 0.4) is 0 Å². The minimum Gasteiger partial charge on any atom is -0.497 e. The Bertz CT molecular complexity index is 734. The molecule has 0 radical (unpaired) electrons. The third-order valence-electron chi connectivity index (χ3n) is 3.34. The molecule has 0 unspecified atom stereocenters. The van der Waals surface area contributed by atoms with Gasteiger partial charge in [-0.05, 0) is 42.1 Å². The zero-order chi connectivity index (χ0) is 13.2. The average molecular weight is 249 g/mol. The first kappa shape index (κ1) is 11.7. The van der Waals surface area contributed by atoms with E-state index in [4.69, 9.17) is 4.74 Å². The van der Waals surface area contributed by atoms with Crippen molar-refractivity contribution < 1.29 is 4.74 Å². The molecule has 94 valence electrons. The van der Waals surface area contributed by atoms with Gasteiger partial charge in [-0.3, -0.25) is 4.98 Å². The van der Waals surface area contributed by atoms with Crippen LogP contribution in [-0.4, -0.2) is 12.1 Å². The zero-order valence-electron chi connectivity index (χ0n) is 11.1. The van der Waals surface area contributed by atoms with Gasteiger partial charge in [0.25, 0.3) is 0 Å². The third kappa shape index (κ3) is 2.17. The van der Waals surface area contributed by atoms with Crippen LogP contribution in [0.1, 0.15) is 5.56 Å². The highest BCUT2D eigenvalue weighted by Crippen LogP contribution is 2.27. The highest BCUT2D eigenvalue weighted by atomic mass is 16.5. The summed E-state index contributed by atoms with van der Waals surface area (Å²) in [6.07, 6.45) is 1.92. The topological polar surface area (TPSA) is 22.1 Å². The van der Waals surface area contributed by atoms with Gasteiger partial charge < -0.3 is 4.74 Å². The number of ether oxygens (including phenoxy) is 1. The van der Waals surface area contributed by atoms with Crippen LogP contribution in [0, 0.1) is 6.92 Å². The van der Waals surface area contributed by atoms with Gasteiger partial charge in [0.2, 0.25) is 0 Å². The van der Waals surface area contributed by atoms with Crippen molar-refractivity contribution in [2.45, 2.75) is 6.92 Å². The summed E-state index contributed by atoms with van der Waals surface area (Å²) in [6.45, 7) is 2.08. The first-order chi connectivity index (χ1) is 9.28. The summed E-state index contributed by atoms with van der Waals surface area (Å²) in [6, 6.07) is 16.5. The summed E-state index contributed by atoms with van der Waals surface area (Å²) >= 11 is 0. The van der Waals surface area contributed by atoms with Gasteiger partial charge >= 0.3 is 0 Å². The molecule has 0 atom stereocenters. The lowest BCUT2D eigenvalue weighted by atomic mass is 10.0. The van der Waals surface area contributed by atoms with E-state index >= 15 is 0 Å². The number of pyridine rings is 1. The van der Waals surface area contributed by atoms with E-state index in [1.54, 1.807) is 7.11 Å². The van der Waals surface area contributed by atoms with Crippen molar-refractivity contribution in [3.8, 4) is 17.0 Å². The maximum atomic E-state index is 5.24. The molecule has 19 heavy (non-hydrogen) atoms. The number of hydrogen-bond acceptors (Lipinski definition) is 2. The Morgan fingerprint density at radius 1 is 0.947 bits per heavy atom. The van der Waals surface area contributed by atoms with Crippen molar-refractivity contribution in [2.75, 3.05) is 7.11 Å². The van der Waals surface area contributed by atoms with Gasteiger partial charge in [-0.25, -0.2) is 0 Å². The molecule has 1 aromatic heterocycles. The summed E-state index contributed by atoms with van der Waals surface area (Å²) in [5, 5.41) is 2.38. The van der Waals surface area contributed by atoms with Crippen LogP contribution in [-0.2, 0) is 0 Å². The molecule has 2 aromatic carbocycles. The van der Waals surface area contributed by atoms with Gasteiger partial charge in [0.15, 0.2) is 0 Å². The van der Waals surface area contributed by atoms with Crippen molar-refractivity contribution in [3.63, 3.8) is 0 Å². The first-order valence-electron chi connectivity index (χ1n) is 6.28. The number of fused-ring (bicyclic) bond motifs is 1. The SMILES string of the molecule is COc1ccc(-c2cc3ccccc3cn2)c(C)c1. The van der Waals surface area contributed by atoms with Crippen molar-refractivity contribution in [1.82, 2.24) is 4.98 Å². The molecule has 0 N–H and O–H groups in total. The van der Waals surface area contributed by atoms with Crippen molar-refractivity contribution >= 4 is 10.8 Å². The molecule has 3 rings (SSSR count). The van der Waals surface area contributed by atoms with Crippen LogP contribution < -0.4 is 4.74 Å². The molecule has 2 heteroatoms. The van der Waals surface area contributed by atoms with Gasteiger partial charge in [-0.1, -0.05) is 24.3 Å². The van der Waals surface area contributed by atoms with E-state index in [1.165, 1.54) is 10.9 Å². The monoisotopic (exact) mass is 249 g/mol. The molecule has 0 fully saturated rings. The van der Waals surface area contributed by atoms with Crippen molar-refractivity contribution in [3.05, 3.63) is 60.3 Å². The van der Waals surface area contributed by atoms with Gasteiger partial charge in [0.05, 0.1) is 12.8 Å². The summed E-state index contributed by atoms with van der Waals surface area (Å²) in [4.78, 5) is 4.55. The van der Waals surface area contributed by atoms with E-state index in [2.05, 4.69) is 36.2 Å². The fourth-order valence-electron chi connectivity index (χ4n) is 2.28. The Hall–Kier alpha value is -2.35. The van der Waals surface area contributed by atoms with Crippen molar-refractivity contribution in [2.24, 2.45) is 0 Å². The highest BCUT2D eigenvalue weighted by molar-refractivity contribution is 5.85. The molecule has 0 aliphatic rings. The smallest absolute Gasteiger partial charge is 0.119 e. The second-order valence-electron chi connectivity index (χ2n) is 4.60. The standard InChI is InChI=1S/C17H15NO/c1-12-9-15(19-2)7-8-16(12)17-10-13-5-3-4-6-14(13)11-18-17/h3-11H,1-2H3. The number of aromatic nitrogens is 1. The van der Waals surface area contributed by atoms with E-state index in [0.717, 1.165) is 22.4 Å². The fourth-order valence-corrected chi connectivity index (χ4v) is 2.28. The predicted molar refractivity (Wildman–Crippen MR) is 78.5 cm³/mol. The molecule has 0 saturated heterocycles. The Kier molecular flexibility index (Phi) is 2.92. The summed E-state index contributed by atoms with van der Waals surface area (Å²) in [7, 11) is 1.68. The lowest BCUT2D eigenvalue weighted by Gasteiger charge is -2.08. The van der Waals surface area contributed by atoms with Gasteiger partial charge in [-0.15, -0.1) is 0 Å². The number of aryl methyl sites for hydroxylation is 1. The first-order valence-corrected chi connectivity index (χ1v) is 6.28. The molecule has 3 aromatic rings. The Morgan fingerprint density at radius 2 is 1.74 bits per heavy atom. The molecule has 0 spiro atoms. The second kappa shape index (κ2) is 4.73. The molecule has 2 nitrogen and oxygen atoms in total. The number of nitrogens with zero attached hydrogens (tertiary/aromatic N) is 1. The number of hydrogen-bond donors (Lipinski definition) is 0. The second-order valence-corrected chi connectivity index (χ2v) is 4.60. The molecule has 0 amide bonds. The van der Waals surface area contributed by atoms with E-state index in [1.807, 2.05) is 30.5 Å². The van der Waals surface area contributed by atoms with Crippen molar-refractivity contribution in [1.29, 1.82) is 0 Å². The summed E-state index contributed by atoms with van der Waals surface area (Å²) in [5.41, 5.74) is 3.31. The van der Waals surface area contributed by atoms with Crippen LogP contribution in [0.5, 0.6) is 5.75 Å². The Morgan fingerprint density at radius 3 is 2.47 bits per heavy atom. The minimum atomic E-state index is 0.877. The van der Waals surface area contributed by atoms with Crippen LogP contribution in [0.25, 0.3) is 22.0 Å². The molecule has 0 saturated carbocycles. The minimum absolute atomic E-state index is 0.877. The van der Waals surface area contributed by atoms with Gasteiger partial charge in [0, 0.05) is 17.1 Å². The summed E-state index contributed by atoms with van der Waals surface area (Å²) < 4.78 is 5.24. The maximum absolute atomic E-state index is 5.24. The van der Waals surface area contributed by atoms with E-state index in [0.29, 0.717) is 0 Å². The lowest BCUT2D eigenvalue weighted by molar-refractivity contribution is 0.414. The van der Waals surface area contributed by atoms with E-state index in [9.17, 15) is 0 Å². The van der Waals surface area contributed by atoms with Crippen LogP contribution in [0.4, 0.5) is 0 Å². The van der Waals surface area contributed by atoms with Gasteiger partial charge in [-0.2, -0.15) is 0 Å². The Labute approximate surface area is 112 Å². The quantitative estimate of drug-likeness (QED) is 0.678. The van der Waals surface area contributed by atoms with E-state index < -0.39 is 0 Å². The molecule has 1 heterocycles. The third-order valence-corrected chi connectivity index (χ3v) is 3.34. The van der Waals surface area contributed by atoms with Crippen LogP contribution in [0.2, 0.25) is 0 Å². The van der Waals surface area contributed by atoms with Gasteiger partial charge in [0.1, 0.15) is 5.75 Å². The van der Waals surface area contributed by atoms with Crippen LogP contribution >= 0.6 is 0 Å². The molecular weight excluding hydrogens is 234 g/mol. The fraction of sp³-hybridized carbons (Fsp3) is 0.118. The number of methoxy groups -OCH3 is 1. The number of rotatable bonds is 2. The zero-order valence-corrected chi connectivity index (χ0v) is 11.1. The summed E-state index contributed by atoms with van der Waals surface area (Å²) in [5.74, 6) is 0.877. The lowest BCUT2D eigenvalue weighted by Crippen LogP contribution is -1.89. The predicted octanol–water partition coefficient (Wildman–Crippen LogP) is 4.22. The molecular formula is C17H15NO. The number of benzene rings is 2. The average Bonchev–Trinajstić information content (AvgIpc) is 2.46. The largest absolute Gasteiger partial charge is 0.497 e. The molecule has 0 aliphatic heterocycles. The van der Waals surface area contributed by atoms with E-state index in [-0.39, 0.29) is 0 Å². The van der Waals surface area contributed by atoms with Crippen LogP contribution in [0.15, 0.2) is 54.7 Å². The maximum Gasteiger partial charge on any atom is 0.119 e. The molecule has 0 bridgehead atoms.